The lowest BCUT2D eigenvalue weighted by molar-refractivity contribution is -0.147. The van der Waals surface area contributed by atoms with Crippen molar-refractivity contribution in [1.82, 2.24) is 16.0 Å². The molecule has 0 rings (SSSR count). The van der Waals surface area contributed by atoms with Crippen LogP contribution in [0.4, 0.5) is 0 Å². The summed E-state index contributed by atoms with van der Waals surface area (Å²) in [5.41, 5.74) is 5.68. The van der Waals surface area contributed by atoms with E-state index in [1.807, 2.05) is 5.32 Å². The summed E-state index contributed by atoms with van der Waals surface area (Å²) in [6, 6.07) is -3.92. The van der Waals surface area contributed by atoms with Crippen molar-refractivity contribution in [2.75, 3.05) is 6.54 Å². The van der Waals surface area contributed by atoms with Crippen LogP contribution in [0.1, 0.15) is 33.1 Å². The summed E-state index contributed by atoms with van der Waals surface area (Å²) in [5, 5.41) is 32.7. The topological polar surface area (TPSA) is 225 Å². The van der Waals surface area contributed by atoms with E-state index in [-0.39, 0.29) is 12.3 Å². The second kappa shape index (κ2) is 12.3. The van der Waals surface area contributed by atoms with Crippen LogP contribution < -0.4 is 21.7 Å². The van der Waals surface area contributed by atoms with Gasteiger partial charge < -0.3 is 37.0 Å². The van der Waals surface area contributed by atoms with Gasteiger partial charge in [0.25, 0.3) is 0 Å². The largest absolute Gasteiger partial charge is 0.481 e. The van der Waals surface area contributed by atoms with Crippen molar-refractivity contribution < 1.29 is 44.1 Å². The SMILES string of the molecule is CC(C)C(N)C(=O)NC(CCC(=O)O)C(=O)NCC(=O)NC(CC(=O)O)C(=O)O. The summed E-state index contributed by atoms with van der Waals surface area (Å²) in [6.07, 6.45) is -1.57. The van der Waals surface area contributed by atoms with Crippen molar-refractivity contribution in [3.63, 3.8) is 0 Å². The molecule has 0 aromatic carbocycles. The van der Waals surface area contributed by atoms with Crippen LogP contribution >= 0.6 is 0 Å². The van der Waals surface area contributed by atoms with Crippen LogP contribution in [0.3, 0.4) is 0 Å². The minimum absolute atomic E-state index is 0.244. The van der Waals surface area contributed by atoms with Crippen LogP contribution in [-0.2, 0) is 28.8 Å². The molecule has 13 nitrogen and oxygen atoms in total. The van der Waals surface area contributed by atoms with Crippen LogP contribution in [0, 0.1) is 5.92 Å². The zero-order valence-corrected chi connectivity index (χ0v) is 16.0. The number of nitrogens with one attached hydrogen (secondary N) is 3. The number of hydrogen-bond donors (Lipinski definition) is 7. The molecule has 0 heterocycles. The fourth-order valence-electron chi connectivity index (χ4n) is 2.02. The van der Waals surface area contributed by atoms with Gasteiger partial charge in [-0.1, -0.05) is 13.8 Å². The number of hydrogen-bond acceptors (Lipinski definition) is 7. The lowest BCUT2D eigenvalue weighted by Gasteiger charge is -2.22. The van der Waals surface area contributed by atoms with Crippen LogP contribution in [0.5, 0.6) is 0 Å². The first kappa shape index (κ1) is 25.8. The fourth-order valence-corrected chi connectivity index (χ4v) is 2.02. The Balaban J connectivity index is 4.91. The highest BCUT2D eigenvalue weighted by Gasteiger charge is 2.27. The number of nitrogens with two attached hydrogens (primary N) is 1. The monoisotopic (exact) mass is 418 g/mol. The Morgan fingerprint density at radius 1 is 0.862 bits per heavy atom. The molecule has 164 valence electrons. The maximum atomic E-state index is 12.2. The molecule has 0 aliphatic rings. The van der Waals surface area contributed by atoms with E-state index in [1.54, 1.807) is 13.8 Å². The van der Waals surface area contributed by atoms with Crippen molar-refractivity contribution in [3.8, 4) is 0 Å². The molecular formula is C16H26N4O9. The van der Waals surface area contributed by atoms with Crippen molar-refractivity contribution in [2.45, 2.75) is 51.2 Å². The molecule has 0 aliphatic heterocycles. The average Bonchev–Trinajstić information content (AvgIpc) is 2.60. The van der Waals surface area contributed by atoms with E-state index in [1.165, 1.54) is 0 Å². The quantitative estimate of drug-likeness (QED) is 0.166. The van der Waals surface area contributed by atoms with E-state index < -0.39 is 73.1 Å². The third kappa shape index (κ3) is 10.6. The molecule has 3 atom stereocenters. The number of amides is 3. The first-order valence-corrected chi connectivity index (χ1v) is 8.64. The summed E-state index contributed by atoms with van der Waals surface area (Å²) in [4.78, 5) is 68.3. The Hall–Kier alpha value is -3.22. The van der Waals surface area contributed by atoms with Crippen molar-refractivity contribution in [2.24, 2.45) is 11.7 Å². The van der Waals surface area contributed by atoms with E-state index in [2.05, 4.69) is 10.6 Å². The first-order valence-electron chi connectivity index (χ1n) is 8.64. The van der Waals surface area contributed by atoms with E-state index in [0.717, 1.165) is 0 Å². The van der Waals surface area contributed by atoms with Crippen LogP contribution in [0.25, 0.3) is 0 Å². The fraction of sp³-hybridized carbons (Fsp3) is 0.625. The number of carboxylic acid groups (broad SMARTS) is 3. The molecule has 13 heteroatoms. The van der Waals surface area contributed by atoms with Crippen molar-refractivity contribution in [3.05, 3.63) is 0 Å². The number of carboxylic acids is 3. The summed E-state index contributed by atoms with van der Waals surface area (Å²) in [5.74, 6) is -7.00. The van der Waals surface area contributed by atoms with E-state index in [0.29, 0.717) is 0 Å². The van der Waals surface area contributed by atoms with Crippen LogP contribution in [0.2, 0.25) is 0 Å². The summed E-state index contributed by atoms with van der Waals surface area (Å²) in [7, 11) is 0. The average molecular weight is 418 g/mol. The molecule has 0 aromatic heterocycles. The zero-order chi connectivity index (χ0) is 22.7. The highest BCUT2D eigenvalue weighted by atomic mass is 16.4. The van der Waals surface area contributed by atoms with E-state index in [4.69, 9.17) is 21.1 Å². The molecule has 0 aliphatic carbocycles. The lowest BCUT2D eigenvalue weighted by Crippen LogP contribution is -2.54. The summed E-state index contributed by atoms with van der Waals surface area (Å²) < 4.78 is 0. The van der Waals surface area contributed by atoms with Gasteiger partial charge in [0.15, 0.2) is 0 Å². The highest BCUT2D eigenvalue weighted by Crippen LogP contribution is 2.03. The Morgan fingerprint density at radius 3 is 1.90 bits per heavy atom. The molecule has 29 heavy (non-hydrogen) atoms. The van der Waals surface area contributed by atoms with Gasteiger partial charge in [-0.3, -0.25) is 24.0 Å². The zero-order valence-electron chi connectivity index (χ0n) is 16.0. The van der Waals surface area contributed by atoms with Gasteiger partial charge in [-0.2, -0.15) is 0 Å². The lowest BCUT2D eigenvalue weighted by atomic mass is 10.0. The molecule has 0 spiro atoms. The van der Waals surface area contributed by atoms with Gasteiger partial charge >= 0.3 is 17.9 Å². The molecule has 0 fully saturated rings. The second-order valence-corrected chi connectivity index (χ2v) is 6.54. The molecule has 0 aromatic rings. The Labute approximate surface area is 166 Å². The Bertz CT molecular complexity index is 650. The van der Waals surface area contributed by atoms with Gasteiger partial charge in [-0.25, -0.2) is 4.79 Å². The predicted molar refractivity (Wildman–Crippen MR) is 96.4 cm³/mol. The minimum Gasteiger partial charge on any atom is -0.481 e. The predicted octanol–water partition coefficient (Wildman–Crippen LogP) is -2.52. The second-order valence-electron chi connectivity index (χ2n) is 6.54. The standard InChI is InChI=1S/C16H26N4O9/c1-7(2)13(17)15(27)20-8(3-4-11(22)23)14(26)18-6-10(21)19-9(16(28)29)5-12(24)25/h7-9,13H,3-6,17H2,1-2H3,(H,18,26)(H,19,21)(H,20,27)(H,22,23)(H,24,25)(H,28,29). The number of rotatable bonds is 13. The van der Waals surface area contributed by atoms with Gasteiger partial charge in [-0.05, 0) is 12.3 Å². The van der Waals surface area contributed by atoms with Crippen molar-refractivity contribution >= 4 is 35.6 Å². The summed E-state index contributed by atoms with van der Waals surface area (Å²) >= 11 is 0. The first-order chi connectivity index (χ1) is 13.3. The number of aliphatic carboxylic acids is 3. The number of carbonyl (C=O) groups is 6. The molecule has 0 saturated heterocycles. The van der Waals surface area contributed by atoms with Gasteiger partial charge in [-0.15, -0.1) is 0 Å². The molecule has 0 saturated carbocycles. The molecule has 8 N–H and O–H groups in total. The Morgan fingerprint density at radius 2 is 1.45 bits per heavy atom. The molecule has 0 bridgehead atoms. The maximum absolute atomic E-state index is 12.2. The van der Waals surface area contributed by atoms with E-state index in [9.17, 15) is 28.8 Å². The van der Waals surface area contributed by atoms with Crippen LogP contribution in [0.15, 0.2) is 0 Å². The van der Waals surface area contributed by atoms with E-state index >= 15 is 0 Å². The van der Waals surface area contributed by atoms with Crippen molar-refractivity contribution in [1.29, 1.82) is 0 Å². The smallest absolute Gasteiger partial charge is 0.326 e. The molecule has 0 radical (unpaired) electrons. The molecule has 3 amide bonds. The minimum atomic E-state index is -1.69. The van der Waals surface area contributed by atoms with Gasteiger partial charge in [0.1, 0.15) is 12.1 Å². The summed E-state index contributed by atoms with van der Waals surface area (Å²) in [6.45, 7) is 2.64. The molecule has 3 unspecified atom stereocenters. The third-order valence-corrected chi connectivity index (χ3v) is 3.74. The van der Waals surface area contributed by atoms with Gasteiger partial charge in [0.05, 0.1) is 19.0 Å². The van der Waals surface area contributed by atoms with Crippen LogP contribution in [-0.4, -0.2) is 75.6 Å². The Kier molecular flexibility index (Phi) is 10.9. The normalized spacial score (nSPS) is 13.7. The molecular weight excluding hydrogens is 392 g/mol. The highest BCUT2D eigenvalue weighted by molar-refractivity contribution is 5.93. The third-order valence-electron chi connectivity index (χ3n) is 3.74. The maximum Gasteiger partial charge on any atom is 0.326 e. The van der Waals surface area contributed by atoms with Gasteiger partial charge in [0, 0.05) is 6.42 Å². The van der Waals surface area contributed by atoms with Gasteiger partial charge in [0.2, 0.25) is 17.7 Å². The number of carbonyl (C=O) groups excluding carboxylic acids is 3.